The molecule has 0 N–H and O–H groups in total. The average molecular weight is 397 g/mol. The van der Waals surface area contributed by atoms with Crippen LogP contribution in [0.25, 0.3) is 0 Å². The van der Waals surface area contributed by atoms with Crippen LogP contribution < -0.4 is 4.90 Å². The normalized spacial score (nSPS) is 25.7. The largest absolute Gasteiger partial charge is 0.372 e. The van der Waals surface area contributed by atoms with Crippen LogP contribution in [0.2, 0.25) is 0 Å². The summed E-state index contributed by atoms with van der Waals surface area (Å²) in [6.45, 7) is 4.34. The van der Waals surface area contributed by atoms with Crippen molar-refractivity contribution in [2.24, 2.45) is 0 Å². The first-order chi connectivity index (χ1) is 14.3. The van der Waals surface area contributed by atoms with Gasteiger partial charge in [-0.25, -0.2) is 9.67 Å². The minimum absolute atomic E-state index is 0.0228. The zero-order valence-electron chi connectivity index (χ0n) is 16.5. The number of carbonyl (C=O) groups excluding carboxylic acids is 1. The summed E-state index contributed by atoms with van der Waals surface area (Å²) in [5.74, 6) is 0.0447. The lowest BCUT2D eigenvalue weighted by molar-refractivity contribution is -0.00461. The number of hydrogen-bond donors (Lipinski definition) is 0. The van der Waals surface area contributed by atoms with Crippen LogP contribution in [0.1, 0.15) is 35.7 Å². The van der Waals surface area contributed by atoms with E-state index in [4.69, 9.17) is 9.47 Å². The molecule has 3 saturated heterocycles. The van der Waals surface area contributed by atoms with E-state index in [2.05, 4.69) is 27.1 Å². The molecule has 8 nitrogen and oxygen atoms in total. The van der Waals surface area contributed by atoms with E-state index in [0.29, 0.717) is 26.3 Å². The number of aromatic nitrogens is 3. The number of carbonyl (C=O) groups is 1. The first kappa shape index (κ1) is 18.6. The molecule has 5 rings (SSSR count). The van der Waals surface area contributed by atoms with Gasteiger partial charge in [-0.05, 0) is 43.5 Å². The number of ether oxygens (including phenoxy) is 2. The molecule has 3 aliphatic rings. The molecule has 0 unspecified atom stereocenters. The third-order valence-electron chi connectivity index (χ3n) is 6.15. The van der Waals surface area contributed by atoms with Crippen molar-refractivity contribution < 1.29 is 14.3 Å². The van der Waals surface area contributed by atoms with Gasteiger partial charge in [0, 0.05) is 37.4 Å². The Hall–Kier alpha value is -2.45. The van der Waals surface area contributed by atoms with E-state index in [0.717, 1.165) is 18.7 Å². The van der Waals surface area contributed by atoms with Crippen LogP contribution in [0.4, 0.5) is 5.69 Å². The van der Waals surface area contributed by atoms with Gasteiger partial charge >= 0.3 is 0 Å². The number of piperidine rings is 1. The molecule has 3 aliphatic heterocycles. The maximum Gasteiger partial charge on any atom is 0.254 e. The van der Waals surface area contributed by atoms with E-state index in [1.165, 1.54) is 31.3 Å². The molecule has 0 bridgehead atoms. The summed E-state index contributed by atoms with van der Waals surface area (Å²) >= 11 is 0. The third kappa shape index (κ3) is 3.86. The van der Waals surface area contributed by atoms with Crippen molar-refractivity contribution in [3.05, 3.63) is 42.5 Å². The number of hydrogen-bond acceptors (Lipinski definition) is 6. The predicted octanol–water partition coefficient (Wildman–Crippen LogP) is 1.75. The van der Waals surface area contributed by atoms with E-state index in [-0.39, 0.29) is 24.2 Å². The first-order valence-electron chi connectivity index (χ1n) is 10.5. The van der Waals surface area contributed by atoms with Crippen LogP contribution in [0.15, 0.2) is 36.9 Å². The summed E-state index contributed by atoms with van der Waals surface area (Å²) in [4.78, 5) is 21.2. The van der Waals surface area contributed by atoms with Gasteiger partial charge in [0.15, 0.2) is 0 Å². The fourth-order valence-corrected chi connectivity index (χ4v) is 4.46. The van der Waals surface area contributed by atoms with Gasteiger partial charge in [0.05, 0.1) is 13.2 Å². The van der Waals surface area contributed by atoms with E-state index >= 15 is 0 Å². The number of nitrogens with zero attached hydrogens (tertiary/aromatic N) is 5. The maximum atomic E-state index is 13.0. The molecular formula is C21H27N5O3. The summed E-state index contributed by atoms with van der Waals surface area (Å²) in [6.07, 6.45) is 6.81. The van der Waals surface area contributed by atoms with Crippen molar-refractivity contribution in [1.29, 1.82) is 0 Å². The standard InChI is InChI=1S/C21H27N5O3/c27-21(16-4-6-17(7-5-16)24-8-2-1-3-9-24)25-10-19-20(11-25)29-13-18(12-28-19)26-15-22-14-23-26/h4-7,14-15,18-20H,1-3,8-13H2/t19-,20-/m0/s1. The molecule has 3 fully saturated rings. The summed E-state index contributed by atoms with van der Waals surface area (Å²) in [5.41, 5.74) is 1.93. The molecule has 0 spiro atoms. The van der Waals surface area contributed by atoms with E-state index < -0.39 is 0 Å². The molecule has 154 valence electrons. The number of amides is 1. The highest BCUT2D eigenvalue weighted by Crippen LogP contribution is 2.26. The van der Waals surface area contributed by atoms with Gasteiger partial charge in [-0.1, -0.05) is 0 Å². The second-order valence-electron chi connectivity index (χ2n) is 8.08. The minimum Gasteiger partial charge on any atom is -0.372 e. The lowest BCUT2D eigenvalue weighted by Gasteiger charge is -2.29. The number of fused-ring (bicyclic) bond motifs is 1. The van der Waals surface area contributed by atoms with Gasteiger partial charge in [-0.3, -0.25) is 4.79 Å². The molecule has 2 atom stereocenters. The Morgan fingerprint density at radius 2 is 1.66 bits per heavy atom. The number of likely N-dealkylation sites (tertiary alicyclic amines) is 1. The van der Waals surface area contributed by atoms with Gasteiger partial charge in [-0.2, -0.15) is 5.10 Å². The summed E-state index contributed by atoms with van der Waals surface area (Å²) < 4.78 is 13.9. The predicted molar refractivity (Wildman–Crippen MR) is 107 cm³/mol. The van der Waals surface area contributed by atoms with Crippen molar-refractivity contribution in [1.82, 2.24) is 19.7 Å². The topological polar surface area (TPSA) is 72.7 Å². The quantitative estimate of drug-likeness (QED) is 0.786. The molecule has 0 radical (unpaired) electrons. The molecule has 1 aromatic carbocycles. The van der Waals surface area contributed by atoms with Crippen molar-refractivity contribution in [3.8, 4) is 0 Å². The van der Waals surface area contributed by atoms with Crippen molar-refractivity contribution >= 4 is 11.6 Å². The van der Waals surface area contributed by atoms with Gasteiger partial charge in [0.25, 0.3) is 5.91 Å². The van der Waals surface area contributed by atoms with E-state index in [1.54, 1.807) is 11.0 Å². The number of rotatable bonds is 3. The van der Waals surface area contributed by atoms with Crippen LogP contribution in [-0.2, 0) is 9.47 Å². The third-order valence-corrected chi connectivity index (χ3v) is 6.15. The van der Waals surface area contributed by atoms with Crippen LogP contribution in [0, 0.1) is 0 Å². The second-order valence-corrected chi connectivity index (χ2v) is 8.08. The van der Waals surface area contributed by atoms with Crippen LogP contribution in [-0.4, -0.2) is 77.2 Å². The van der Waals surface area contributed by atoms with Gasteiger partial charge < -0.3 is 19.3 Å². The molecular weight excluding hydrogens is 370 g/mol. The molecule has 1 aromatic heterocycles. The monoisotopic (exact) mass is 397 g/mol. The molecule has 1 amide bonds. The highest BCUT2D eigenvalue weighted by atomic mass is 16.6. The molecule has 29 heavy (non-hydrogen) atoms. The lowest BCUT2D eigenvalue weighted by Crippen LogP contribution is -2.31. The molecule has 8 heteroatoms. The Balaban J connectivity index is 1.20. The number of benzene rings is 1. The smallest absolute Gasteiger partial charge is 0.254 e. The lowest BCUT2D eigenvalue weighted by atomic mass is 10.1. The Labute approximate surface area is 170 Å². The number of anilines is 1. The minimum atomic E-state index is -0.0971. The second kappa shape index (κ2) is 8.12. The molecule has 4 heterocycles. The molecule has 0 saturated carbocycles. The van der Waals surface area contributed by atoms with E-state index in [9.17, 15) is 4.79 Å². The summed E-state index contributed by atoms with van der Waals surface area (Å²) in [6, 6.07) is 8.06. The maximum absolute atomic E-state index is 13.0. The van der Waals surface area contributed by atoms with Crippen LogP contribution in [0.3, 0.4) is 0 Å². The molecule has 2 aromatic rings. The van der Waals surface area contributed by atoms with Crippen molar-refractivity contribution in [3.63, 3.8) is 0 Å². The Kier molecular flexibility index (Phi) is 5.20. The highest BCUT2D eigenvalue weighted by molar-refractivity contribution is 5.94. The fraction of sp³-hybridized carbons (Fsp3) is 0.571. The summed E-state index contributed by atoms with van der Waals surface area (Å²) in [5, 5.41) is 4.18. The highest BCUT2D eigenvalue weighted by Gasteiger charge is 2.40. The van der Waals surface area contributed by atoms with Crippen molar-refractivity contribution in [2.75, 3.05) is 44.3 Å². The zero-order valence-corrected chi connectivity index (χ0v) is 16.5. The zero-order chi connectivity index (χ0) is 19.6. The van der Waals surface area contributed by atoms with Gasteiger partial charge in [0.1, 0.15) is 30.9 Å². The SMILES string of the molecule is O=C(c1ccc(N2CCCCC2)cc1)N1C[C@@H]2OCC(n3cncn3)CO[C@H]2C1. The fourth-order valence-electron chi connectivity index (χ4n) is 4.46. The van der Waals surface area contributed by atoms with Gasteiger partial charge in [0.2, 0.25) is 0 Å². The van der Waals surface area contributed by atoms with Crippen LogP contribution >= 0.6 is 0 Å². The van der Waals surface area contributed by atoms with Gasteiger partial charge in [-0.15, -0.1) is 0 Å². The molecule has 0 aliphatic carbocycles. The Morgan fingerprint density at radius 1 is 0.966 bits per heavy atom. The Morgan fingerprint density at radius 3 is 2.28 bits per heavy atom. The Bertz CT molecular complexity index is 803. The van der Waals surface area contributed by atoms with Crippen LogP contribution in [0.5, 0.6) is 0 Å². The van der Waals surface area contributed by atoms with Crippen molar-refractivity contribution in [2.45, 2.75) is 37.5 Å². The average Bonchev–Trinajstić information content (AvgIpc) is 3.41. The van der Waals surface area contributed by atoms with E-state index in [1.807, 2.05) is 17.0 Å². The first-order valence-corrected chi connectivity index (χ1v) is 10.5. The summed E-state index contributed by atoms with van der Waals surface area (Å²) in [7, 11) is 0.